The lowest BCUT2D eigenvalue weighted by Gasteiger charge is -2.10. The van der Waals surface area contributed by atoms with E-state index in [1.807, 2.05) is 31.0 Å². The number of nitrogens with one attached hydrogen (secondary N) is 3. The number of fused-ring (bicyclic) bond motifs is 1. The second-order valence-electron chi connectivity index (χ2n) is 8.20. The van der Waals surface area contributed by atoms with E-state index >= 15 is 0 Å². The summed E-state index contributed by atoms with van der Waals surface area (Å²) in [5.74, 6) is 0.881. The van der Waals surface area contributed by atoms with Gasteiger partial charge in [-0.15, -0.1) is 11.8 Å². The number of H-pyrrole nitrogens is 1. The Bertz CT molecular complexity index is 941. The Hall–Kier alpha value is -1.91. The highest BCUT2D eigenvalue weighted by Gasteiger charge is 2.01. The summed E-state index contributed by atoms with van der Waals surface area (Å²) >= 11 is 7.41. The molecule has 0 spiro atoms. The normalized spacial score (nSPS) is 11.0. The van der Waals surface area contributed by atoms with Gasteiger partial charge in [0.1, 0.15) is 6.29 Å². The fourth-order valence-electron chi connectivity index (χ4n) is 2.67. The number of carbonyl (C=O) groups excluding carboxylic acids is 2. The van der Waals surface area contributed by atoms with Crippen molar-refractivity contribution < 1.29 is 14.3 Å². The summed E-state index contributed by atoms with van der Waals surface area (Å²) < 4.78 is 4.25. The molecule has 2 aromatic carbocycles. The lowest BCUT2D eigenvalue weighted by atomic mass is 10.1. The predicted octanol–water partition coefficient (Wildman–Crippen LogP) is 6.13. The topological polar surface area (TPSA) is 83.2 Å². The SMILES string of the molecule is COC.CSC.CSC(CC=O)NC=O.Cc1c[nH]c2ccccc12.Cc1ccc(CNC(C)CS)cc1. The van der Waals surface area contributed by atoms with Crippen molar-refractivity contribution in [3.63, 3.8) is 0 Å². The molecule has 0 fully saturated rings. The van der Waals surface area contributed by atoms with E-state index in [2.05, 4.69) is 96.2 Å². The summed E-state index contributed by atoms with van der Waals surface area (Å²) in [5, 5.41) is 7.14. The van der Waals surface area contributed by atoms with Crippen LogP contribution in [0, 0.1) is 13.8 Å². The molecule has 0 aliphatic heterocycles. The van der Waals surface area contributed by atoms with Crippen LogP contribution in [0.5, 0.6) is 0 Å². The molecule has 0 bridgehead atoms. The van der Waals surface area contributed by atoms with Gasteiger partial charge in [0.15, 0.2) is 0 Å². The number of aromatic amines is 1. The number of thioether (sulfide) groups is 2. The average Bonchev–Trinajstić information content (AvgIpc) is 3.30. The van der Waals surface area contributed by atoms with Gasteiger partial charge < -0.3 is 25.1 Å². The van der Waals surface area contributed by atoms with Gasteiger partial charge in [0.05, 0.1) is 5.37 Å². The van der Waals surface area contributed by atoms with Crippen molar-refractivity contribution in [1.82, 2.24) is 15.6 Å². The first-order chi connectivity index (χ1) is 18.3. The van der Waals surface area contributed by atoms with Gasteiger partial charge >= 0.3 is 0 Å². The molecule has 1 heterocycles. The molecule has 6 nitrogen and oxygen atoms in total. The maximum atomic E-state index is 9.88. The molecule has 214 valence electrons. The summed E-state index contributed by atoms with van der Waals surface area (Å²) in [7, 11) is 3.25. The van der Waals surface area contributed by atoms with Gasteiger partial charge in [0.2, 0.25) is 6.41 Å². The van der Waals surface area contributed by atoms with Crippen molar-refractivity contribution in [2.75, 3.05) is 38.7 Å². The van der Waals surface area contributed by atoms with Gasteiger partial charge in [-0.05, 0) is 56.7 Å². The molecule has 1 amide bonds. The first-order valence-electron chi connectivity index (χ1n) is 12.2. The number of aromatic nitrogens is 1. The molecule has 0 radical (unpaired) electrons. The van der Waals surface area contributed by atoms with Gasteiger partial charge in [-0.3, -0.25) is 4.79 Å². The summed E-state index contributed by atoms with van der Waals surface area (Å²) in [4.78, 5) is 22.9. The third-order valence-corrected chi connectivity index (χ3v) is 6.14. The largest absolute Gasteiger partial charge is 0.388 e. The molecule has 3 aromatic rings. The molecule has 0 aliphatic rings. The molecular formula is C29H47N3O3S3. The molecule has 2 atom stereocenters. The Balaban J connectivity index is 0. The average molecular weight is 582 g/mol. The molecule has 3 rings (SSSR count). The van der Waals surface area contributed by atoms with Crippen molar-refractivity contribution >= 4 is 59.8 Å². The number of aryl methyl sites for hydroxylation is 2. The van der Waals surface area contributed by atoms with Gasteiger partial charge in [0, 0.05) is 56.1 Å². The minimum atomic E-state index is -0.0556. The van der Waals surface area contributed by atoms with E-state index in [1.165, 1.54) is 39.4 Å². The highest BCUT2D eigenvalue weighted by atomic mass is 32.2. The molecule has 3 N–H and O–H groups in total. The van der Waals surface area contributed by atoms with Crippen LogP contribution in [0.3, 0.4) is 0 Å². The minimum absolute atomic E-state index is 0.0556. The lowest BCUT2D eigenvalue weighted by molar-refractivity contribution is -0.110. The van der Waals surface area contributed by atoms with E-state index in [0.29, 0.717) is 18.9 Å². The van der Waals surface area contributed by atoms with Crippen LogP contribution in [0.2, 0.25) is 0 Å². The van der Waals surface area contributed by atoms with Crippen molar-refractivity contribution in [3.8, 4) is 0 Å². The van der Waals surface area contributed by atoms with E-state index in [4.69, 9.17) is 0 Å². The lowest BCUT2D eigenvalue weighted by Crippen LogP contribution is -2.26. The van der Waals surface area contributed by atoms with Gasteiger partial charge in [-0.25, -0.2) is 0 Å². The molecule has 9 heteroatoms. The van der Waals surface area contributed by atoms with E-state index in [0.717, 1.165) is 18.6 Å². The number of thiol groups is 1. The first kappa shape index (κ1) is 38.2. The summed E-state index contributed by atoms with van der Waals surface area (Å²) in [6.07, 6.45) is 9.72. The molecule has 0 saturated carbocycles. The Morgan fingerprint density at radius 1 is 1.03 bits per heavy atom. The van der Waals surface area contributed by atoms with Gasteiger partial charge in [-0.1, -0.05) is 48.0 Å². The van der Waals surface area contributed by atoms with Crippen molar-refractivity contribution in [2.24, 2.45) is 0 Å². The number of aldehydes is 1. The maximum Gasteiger partial charge on any atom is 0.208 e. The van der Waals surface area contributed by atoms with Gasteiger partial charge in [-0.2, -0.15) is 24.4 Å². The second-order valence-corrected chi connectivity index (χ2v) is 10.4. The smallest absolute Gasteiger partial charge is 0.208 e. The summed E-state index contributed by atoms with van der Waals surface area (Å²) in [5.41, 5.74) is 5.18. The van der Waals surface area contributed by atoms with E-state index in [-0.39, 0.29) is 5.37 Å². The van der Waals surface area contributed by atoms with Crippen LogP contribution in [-0.4, -0.2) is 67.8 Å². The highest BCUT2D eigenvalue weighted by Crippen LogP contribution is 2.15. The maximum absolute atomic E-state index is 9.88. The number of amides is 1. The number of hydrogen-bond donors (Lipinski definition) is 4. The Labute approximate surface area is 244 Å². The van der Waals surface area contributed by atoms with E-state index in [1.54, 1.807) is 26.0 Å². The van der Waals surface area contributed by atoms with Crippen LogP contribution in [-0.2, 0) is 20.9 Å². The number of para-hydroxylation sites is 1. The molecule has 2 unspecified atom stereocenters. The van der Waals surface area contributed by atoms with Crippen LogP contribution in [0.4, 0.5) is 0 Å². The Morgan fingerprint density at radius 2 is 1.61 bits per heavy atom. The standard InChI is InChI=1S/C11H17NS.C9H9N.C5H9NO2S.C2H6O.C2H6S/c1-9-3-5-11(6-4-9)7-12-10(2)8-13;1-7-6-10-9-5-3-2-4-8(7)9;1-9-5(2-3-7)6-4-8;2*1-3-2/h3-6,10,12-13H,7-8H2,1-2H3;2-6,10H,1H3;3-5H,2H2,1H3,(H,6,8);2*1-2H3. The first-order valence-corrected chi connectivity index (χ1v) is 15.7. The van der Waals surface area contributed by atoms with Crippen LogP contribution in [0.15, 0.2) is 54.7 Å². The third kappa shape index (κ3) is 20.1. The zero-order valence-electron chi connectivity index (χ0n) is 24.1. The Morgan fingerprint density at radius 3 is 2.08 bits per heavy atom. The third-order valence-electron chi connectivity index (χ3n) is 4.69. The number of hydrogen-bond acceptors (Lipinski definition) is 7. The van der Waals surface area contributed by atoms with Crippen molar-refractivity contribution in [1.29, 1.82) is 0 Å². The molecule has 1 aromatic heterocycles. The second kappa shape index (κ2) is 26.7. The molecule has 0 saturated heterocycles. The number of carbonyl (C=O) groups is 2. The zero-order valence-corrected chi connectivity index (χ0v) is 26.6. The number of methoxy groups -OCH3 is 1. The van der Waals surface area contributed by atoms with Crippen LogP contribution < -0.4 is 10.6 Å². The number of rotatable bonds is 9. The van der Waals surface area contributed by atoms with Crippen LogP contribution in [0.1, 0.15) is 30.0 Å². The fraction of sp³-hybridized carbons (Fsp3) is 0.448. The molecule has 0 aliphatic carbocycles. The van der Waals surface area contributed by atoms with E-state index < -0.39 is 0 Å². The fourth-order valence-corrected chi connectivity index (χ4v) is 3.27. The monoisotopic (exact) mass is 581 g/mol. The van der Waals surface area contributed by atoms with Crippen LogP contribution >= 0.6 is 36.2 Å². The summed E-state index contributed by atoms with van der Waals surface area (Å²) in [6, 6.07) is 17.4. The zero-order chi connectivity index (χ0) is 29.2. The van der Waals surface area contributed by atoms with Crippen LogP contribution in [0.25, 0.3) is 10.9 Å². The molecular weight excluding hydrogens is 535 g/mol. The van der Waals surface area contributed by atoms with Gasteiger partial charge in [0.25, 0.3) is 0 Å². The van der Waals surface area contributed by atoms with Crippen molar-refractivity contribution in [3.05, 3.63) is 71.4 Å². The highest BCUT2D eigenvalue weighted by molar-refractivity contribution is 7.99. The quantitative estimate of drug-likeness (QED) is 0.138. The Kier molecular flexibility index (Phi) is 26.9. The van der Waals surface area contributed by atoms with Crippen molar-refractivity contribution in [2.45, 2.75) is 45.2 Å². The number of ether oxygens (including phenoxy) is 1. The predicted molar refractivity (Wildman–Crippen MR) is 174 cm³/mol. The molecule has 38 heavy (non-hydrogen) atoms. The minimum Gasteiger partial charge on any atom is -0.388 e. The van der Waals surface area contributed by atoms with E-state index in [9.17, 15) is 9.59 Å². The summed E-state index contributed by atoms with van der Waals surface area (Å²) in [6.45, 7) is 7.29. The number of benzene rings is 2.